The van der Waals surface area contributed by atoms with E-state index in [1.807, 2.05) is 0 Å². The van der Waals surface area contributed by atoms with Crippen molar-refractivity contribution in [2.24, 2.45) is 5.10 Å². The summed E-state index contributed by atoms with van der Waals surface area (Å²) in [6.45, 7) is 3.39. The SMILES string of the molecule is CC1(C)NC(=O)N(CCC(=O)NN=C2CCCCCCCCCCC2)C1=O. The Balaban J connectivity index is 1.79. The molecule has 27 heavy (non-hydrogen) atoms. The lowest BCUT2D eigenvalue weighted by Gasteiger charge is -2.15. The zero-order valence-corrected chi connectivity index (χ0v) is 16.8. The maximum absolute atomic E-state index is 12.1. The molecule has 0 radical (unpaired) electrons. The molecule has 7 heteroatoms. The smallest absolute Gasteiger partial charge is 0.324 e. The molecule has 0 aromatic carbocycles. The quantitative estimate of drug-likeness (QED) is 0.579. The molecule has 152 valence electrons. The molecule has 1 aliphatic carbocycles. The molecule has 4 amide bonds. The molecule has 0 spiro atoms. The largest absolute Gasteiger partial charge is 0.325 e. The van der Waals surface area contributed by atoms with Gasteiger partial charge in [0.2, 0.25) is 5.91 Å². The molecule has 0 aromatic rings. The lowest BCUT2D eigenvalue weighted by molar-refractivity contribution is -0.130. The summed E-state index contributed by atoms with van der Waals surface area (Å²) in [5, 5.41) is 6.95. The Hall–Kier alpha value is -1.92. The summed E-state index contributed by atoms with van der Waals surface area (Å²) in [5.74, 6) is -0.565. The van der Waals surface area contributed by atoms with E-state index in [1.54, 1.807) is 13.8 Å². The second-order valence-electron chi connectivity index (χ2n) is 8.16. The van der Waals surface area contributed by atoms with Gasteiger partial charge in [-0.3, -0.25) is 14.5 Å². The number of carbonyl (C=O) groups is 3. The van der Waals surface area contributed by atoms with Crippen molar-refractivity contribution < 1.29 is 14.4 Å². The van der Waals surface area contributed by atoms with Crippen molar-refractivity contribution in [1.29, 1.82) is 0 Å². The highest BCUT2D eigenvalue weighted by atomic mass is 16.2. The van der Waals surface area contributed by atoms with Crippen LogP contribution in [0.4, 0.5) is 4.79 Å². The summed E-state index contributed by atoms with van der Waals surface area (Å²) < 4.78 is 0. The normalized spacial score (nSPS) is 21.9. The third-order valence-electron chi connectivity index (χ3n) is 5.28. The van der Waals surface area contributed by atoms with E-state index in [0.717, 1.165) is 36.3 Å². The zero-order valence-electron chi connectivity index (χ0n) is 16.8. The number of hydrogen-bond donors (Lipinski definition) is 2. The Bertz CT molecular complexity index is 558. The van der Waals surface area contributed by atoms with E-state index >= 15 is 0 Å². The molecule has 2 rings (SSSR count). The molecule has 1 saturated carbocycles. The predicted molar refractivity (Wildman–Crippen MR) is 105 cm³/mol. The van der Waals surface area contributed by atoms with Crippen LogP contribution in [0.3, 0.4) is 0 Å². The Morgan fingerprint density at radius 3 is 2.00 bits per heavy atom. The van der Waals surface area contributed by atoms with Crippen LogP contribution in [0.2, 0.25) is 0 Å². The van der Waals surface area contributed by atoms with Crippen molar-refractivity contribution in [3.05, 3.63) is 0 Å². The van der Waals surface area contributed by atoms with Gasteiger partial charge in [-0.05, 0) is 39.5 Å². The van der Waals surface area contributed by atoms with Crippen molar-refractivity contribution in [1.82, 2.24) is 15.6 Å². The molecule has 1 heterocycles. The average Bonchev–Trinajstić information content (AvgIpc) is 2.80. The maximum Gasteiger partial charge on any atom is 0.325 e. The third kappa shape index (κ3) is 6.96. The Labute approximate surface area is 162 Å². The Morgan fingerprint density at radius 1 is 1.00 bits per heavy atom. The molecule has 0 bridgehead atoms. The van der Waals surface area contributed by atoms with Crippen molar-refractivity contribution in [2.75, 3.05) is 6.54 Å². The minimum atomic E-state index is -0.901. The lowest BCUT2D eigenvalue weighted by atomic mass is 10.00. The fourth-order valence-electron chi connectivity index (χ4n) is 3.56. The molecular weight excluding hydrogens is 344 g/mol. The fourth-order valence-corrected chi connectivity index (χ4v) is 3.56. The van der Waals surface area contributed by atoms with Crippen LogP contribution in [0.1, 0.15) is 90.9 Å². The first-order valence-corrected chi connectivity index (χ1v) is 10.4. The number of rotatable bonds is 4. The van der Waals surface area contributed by atoms with E-state index in [0.29, 0.717) is 0 Å². The lowest BCUT2D eigenvalue weighted by Crippen LogP contribution is -2.40. The van der Waals surface area contributed by atoms with Crippen LogP contribution in [-0.4, -0.2) is 40.5 Å². The first-order chi connectivity index (χ1) is 12.9. The van der Waals surface area contributed by atoms with E-state index in [9.17, 15) is 14.4 Å². The van der Waals surface area contributed by atoms with E-state index in [2.05, 4.69) is 15.8 Å². The molecule has 7 nitrogen and oxygen atoms in total. The van der Waals surface area contributed by atoms with Gasteiger partial charge in [-0.1, -0.05) is 44.9 Å². The zero-order chi connectivity index (χ0) is 19.7. The Kier molecular flexibility index (Phi) is 8.25. The van der Waals surface area contributed by atoms with Gasteiger partial charge in [0.1, 0.15) is 5.54 Å². The number of amides is 4. The maximum atomic E-state index is 12.1. The molecule has 1 aliphatic heterocycles. The second kappa shape index (κ2) is 10.4. The topological polar surface area (TPSA) is 90.9 Å². The molecule has 1 saturated heterocycles. The number of hydrogen-bond acceptors (Lipinski definition) is 4. The standard InChI is InChI=1S/C20H34N4O3/c1-20(2)18(26)24(19(27)21-20)15-14-17(25)23-22-16-12-10-8-6-4-3-5-7-9-11-13-16/h3-15H2,1-2H3,(H,21,27)(H,23,25). The van der Waals surface area contributed by atoms with Crippen LogP contribution < -0.4 is 10.7 Å². The van der Waals surface area contributed by atoms with Crippen LogP contribution in [0.25, 0.3) is 0 Å². The molecule has 0 unspecified atom stereocenters. The van der Waals surface area contributed by atoms with Crippen molar-refractivity contribution in [3.63, 3.8) is 0 Å². The monoisotopic (exact) mass is 378 g/mol. The highest BCUT2D eigenvalue weighted by Gasteiger charge is 2.43. The van der Waals surface area contributed by atoms with Crippen molar-refractivity contribution in [2.45, 2.75) is 96.4 Å². The van der Waals surface area contributed by atoms with Gasteiger partial charge in [0.15, 0.2) is 0 Å². The summed E-state index contributed by atoms with van der Waals surface area (Å²) in [6.07, 6.45) is 13.2. The highest BCUT2D eigenvalue weighted by molar-refractivity contribution is 6.06. The first kappa shape index (κ1) is 21.4. The Morgan fingerprint density at radius 2 is 1.52 bits per heavy atom. The number of imide groups is 1. The van der Waals surface area contributed by atoms with Crippen LogP contribution in [0.5, 0.6) is 0 Å². The summed E-state index contributed by atoms with van der Waals surface area (Å²) in [5.41, 5.74) is 2.77. The van der Waals surface area contributed by atoms with Gasteiger partial charge in [0.05, 0.1) is 0 Å². The third-order valence-corrected chi connectivity index (χ3v) is 5.28. The predicted octanol–water partition coefficient (Wildman–Crippen LogP) is 3.48. The molecular formula is C20H34N4O3. The summed E-state index contributed by atoms with van der Waals surface area (Å²) >= 11 is 0. The van der Waals surface area contributed by atoms with Gasteiger partial charge in [0, 0.05) is 18.7 Å². The number of hydrazone groups is 1. The van der Waals surface area contributed by atoms with Crippen LogP contribution >= 0.6 is 0 Å². The van der Waals surface area contributed by atoms with E-state index in [4.69, 9.17) is 0 Å². The number of urea groups is 1. The van der Waals surface area contributed by atoms with E-state index < -0.39 is 11.6 Å². The summed E-state index contributed by atoms with van der Waals surface area (Å²) in [4.78, 5) is 37.2. The number of nitrogens with zero attached hydrogens (tertiary/aromatic N) is 2. The molecule has 2 aliphatic rings. The minimum absolute atomic E-state index is 0.0615. The molecule has 2 N–H and O–H groups in total. The van der Waals surface area contributed by atoms with Crippen LogP contribution in [0.15, 0.2) is 5.10 Å². The minimum Gasteiger partial charge on any atom is -0.324 e. The summed E-state index contributed by atoms with van der Waals surface area (Å²) in [7, 11) is 0. The van der Waals surface area contributed by atoms with Gasteiger partial charge in [0.25, 0.3) is 5.91 Å². The fraction of sp³-hybridized carbons (Fsp3) is 0.800. The first-order valence-electron chi connectivity index (χ1n) is 10.4. The molecule has 2 fully saturated rings. The average molecular weight is 379 g/mol. The molecule has 0 atom stereocenters. The van der Waals surface area contributed by atoms with Crippen LogP contribution in [0, 0.1) is 0 Å². The van der Waals surface area contributed by atoms with Crippen molar-refractivity contribution in [3.8, 4) is 0 Å². The second-order valence-corrected chi connectivity index (χ2v) is 8.16. The van der Waals surface area contributed by atoms with Crippen molar-refractivity contribution >= 4 is 23.6 Å². The van der Waals surface area contributed by atoms with Crippen LogP contribution in [-0.2, 0) is 9.59 Å². The summed E-state index contributed by atoms with van der Waals surface area (Å²) in [6, 6.07) is -0.441. The van der Waals surface area contributed by atoms with Gasteiger partial charge in [-0.25, -0.2) is 10.2 Å². The van der Waals surface area contributed by atoms with E-state index in [1.165, 1.54) is 44.9 Å². The van der Waals surface area contributed by atoms with Gasteiger partial charge in [-0.15, -0.1) is 0 Å². The van der Waals surface area contributed by atoms with Gasteiger partial charge < -0.3 is 5.32 Å². The number of nitrogens with one attached hydrogen (secondary N) is 2. The van der Waals surface area contributed by atoms with Gasteiger partial charge in [-0.2, -0.15) is 5.10 Å². The van der Waals surface area contributed by atoms with E-state index in [-0.39, 0.29) is 24.8 Å². The van der Waals surface area contributed by atoms with Gasteiger partial charge >= 0.3 is 6.03 Å². The highest BCUT2D eigenvalue weighted by Crippen LogP contribution is 2.17. The number of carbonyl (C=O) groups excluding carboxylic acids is 3. The molecule has 0 aromatic heterocycles.